The summed E-state index contributed by atoms with van der Waals surface area (Å²) in [6, 6.07) is 29.4. The van der Waals surface area contributed by atoms with E-state index >= 15 is 0 Å². The molecule has 0 saturated heterocycles. The minimum Gasteiger partial charge on any atom is -0.378 e. The zero-order chi connectivity index (χ0) is 25.3. The van der Waals surface area contributed by atoms with E-state index in [1.165, 1.54) is 0 Å². The molecule has 0 saturated carbocycles. The molecule has 0 atom stereocenters. The number of nitrogens with two attached hydrogens (primary N) is 1. The fourth-order valence-electron chi connectivity index (χ4n) is 3.81. The van der Waals surface area contributed by atoms with Gasteiger partial charge in [0.25, 0.3) is 0 Å². The predicted octanol–water partition coefficient (Wildman–Crippen LogP) is 5.73. The van der Waals surface area contributed by atoms with E-state index < -0.39 is 0 Å². The molecule has 0 radical (unpaired) electrons. The molecular formula is C29H27N5OS. The summed E-state index contributed by atoms with van der Waals surface area (Å²) in [5, 5.41) is 19.1. The molecule has 4 aromatic rings. The molecule has 0 aliphatic heterocycles. The smallest absolute Gasteiger partial charge is 0.164 e. The topological polar surface area (TPSA) is 116 Å². The lowest BCUT2D eigenvalue weighted by atomic mass is 9.97. The lowest BCUT2D eigenvalue weighted by Crippen LogP contribution is -2.17. The Balaban J connectivity index is 1.46. The molecule has 1 heterocycles. The molecule has 7 heteroatoms. The van der Waals surface area contributed by atoms with Crippen molar-refractivity contribution in [3.05, 3.63) is 114 Å². The third-order valence-corrected chi connectivity index (χ3v) is 6.29. The van der Waals surface area contributed by atoms with E-state index in [-0.39, 0.29) is 16.0 Å². The summed E-state index contributed by atoms with van der Waals surface area (Å²) >= 11 is 0.901. The van der Waals surface area contributed by atoms with Gasteiger partial charge in [-0.05, 0) is 29.0 Å². The van der Waals surface area contributed by atoms with Gasteiger partial charge in [-0.25, -0.2) is 0 Å². The SMILES string of the molecule is N=C(N)SC(=N)c1cnc(-c2ccc(CNCCC(=O)c3ccccc3)cc2)c(-c2ccccc2)c1. The second-order valence-electron chi connectivity index (χ2n) is 8.19. The third-order valence-electron chi connectivity index (χ3n) is 5.63. The Kier molecular flexibility index (Phi) is 8.39. The number of amidine groups is 1. The Labute approximate surface area is 215 Å². The second-order valence-corrected chi connectivity index (χ2v) is 9.25. The summed E-state index contributed by atoms with van der Waals surface area (Å²) in [7, 11) is 0. The molecular weight excluding hydrogens is 466 g/mol. The first kappa shape index (κ1) is 25.0. The average molecular weight is 494 g/mol. The number of aromatic nitrogens is 1. The minimum absolute atomic E-state index is 0.126. The Morgan fingerprint density at radius 3 is 2.19 bits per heavy atom. The molecule has 1 aromatic heterocycles. The van der Waals surface area contributed by atoms with Gasteiger partial charge in [-0.2, -0.15) is 0 Å². The first-order chi connectivity index (χ1) is 17.5. The van der Waals surface area contributed by atoms with E-state index in [1.54, 1.807) is 6.20 Å². The van der Waals surface area contributed by atoms with Gasteiger partial charge in [-0.15, -0.1) is 0 Å². The number of benzene rings is 3. The van der Waals surface area contributed by atoms with E-state index in [4.69, 9.17) is 16.6 Å². The highest BCUT2D eigenvalue weighted by molar-refractivity contribution is 8.26. The highest BCUT2D eigenvalue weighted by atomic mass is 32.2. The molecule has 4 rings (SSSR count). The number of nitrogens with one attached hydrogen (secondary N) is 3. The Morgan fingerprint density at radius 2 is 1.53 bits per heavy atom. The van der Waals surface area contributed by atoms with E-state index in [9.17, 15) is 4.79 Å². The van der Waals surface area contributed by atoms with Crippen molar-refractivity contribution >= 4 is 27.8 Å². The summed E-state index contributed by atoms with van der Waals surface area (Å²) in [5.41, 5.74) is 11.6. The van der Waals surface area contributed by atoms with Crippen LogP contribution < -0.4 is 11.1 Å². The fraction of sp³-hybridized carbons (Fsp3) is 0.103. The summed E-state index contributed by atoms with van der Waals surface area (Å²) in [4.78, 5) is 16.9. The van der Waals surface area contributed by atoms with Gasteiger partial charge in [0.2, 0.25) is 0 Å². The van der Waals surface area contributed by atoms with Crippen LogP contribution in [0.3, 0.4) is 0 Å². The normalized spacial score (nSPS) is 10.7. The number of rotatable bonds is 9. The number of nitrogens with zero attached hydrogens (tertiary/aromatic N) is 1. The Bertz CT molecular complexity index is 1360. The van der Waals surface area contributed by atoms with Gasteiger partial charge < -0.3 is 11.1 Å². The maximum atomic E-state index is 12.2. The highest BCUT2D eigenvalue weighted by Crippen LogP contribution is 2.32. The van der Waals surface area contributed by atoms with Crippen molar-refractivity contribution in [1.29, 1.82) is 10.8 Å². The lowest BCUT2D eigenvalue weighted by molar-refractivity contribution is 0.0982. The quantitative estimate of drug-likeness (QED) is 0.103. The van der Waals surface area contributed by atoms with Crippen molar-refractivity contribution in [2.75, 3.05) is 6.54 Å². The molecule has 3 aromatic carbocycles. The number of hydrogen-bond donors (Lipinski definition) is 4. The van der Waals surface area contributed by atoms with Crippen LogP contribution in [-0.2, 0) is 6.54 Å². The van der Waals surface area contributed by atoms with Gasteiger partial charge in [0.15, 0.2) is 11.0 Å². The predicted molar refractivity (Wildman–Crippen MR) is 149 cm³/mol. The number of ketones is 1. The number of carbonyl (C=O) groups is 1. The van der Waals surface area contributed by atoms with Crippen LogP contribution in [0.15, 0.2) is 97.2 Å². The zero-order valence-electron chi connectivity index (χ0n) is 19.7. The molecule has 0 bridgehead atoms. The monoisotopic (exact) mass is 493 g/mol. The van der Waals surface area contributed by atoms with Crippen LogP contribution in [0.2, 0.25) is 0 Å². The van der Waals surface area contributed by atoms with E-state index in [1.807, 2.05) is 78.9 Å². The van der Waals surface area contributed by atoms with Gasteiger partial charge in [-0.3, -0.25) is 20.6 Å². The second kappa shape index (κ2) is 12.1. The van der Waals surface area contributed by atoms with E-state index in [0.29, 0.717) is 25.1 Å². The van der Waals surface area contributed by atoms with Crippen molar-refractivity contribution in [3.8, 4) is 22.4 Å². The molecule has 0 unspecified atom stereocenters. The summed E-state index contributed by atoms with van der Waals surface area (Å²) < 4.78 is 0. The van der Waals surface area contributed by atoms with Crippen LogP contribution in [0, 0.1) is 10.8 Å². The van der Waals surface area contributed by atoms with Crippen molar-refractivity contribution in [2.45, 2.75) is 13.0 Å². The summed E-state index contributed by atoms with van der Waals surface area (Å²) in [6.45, 7) is 1.28. The molecule has 0 spiro atoms. The number of hydrogen-bond acceptors (Lipinski definition) is 6. The summed E-state index contributed by atoms with van der Waals surface area (Å²) in [5.74, 6) is 0.135. The largest absolute Gasteiger partial charge is 0.378 e. The number of carbonyl (C=O) groups excluding carboxylic acids is 1. The Hall–Kier alpha value is -4.07. The van der Waals surface area contributed by atoms with Gasteiger partial charge >= 0.3 is 0 Å². The molecule has 180 valence electrons. The van der Waals surface area contributed by atoms with Crippen molar-refractivity contribution in [3.63, 3.8) is 0 Å². The Morgan fingerprint density at radius 1 is 0.861 bits per heavy atom. The van der Waals surface area contributed by atoms with Gasteiger partial charge in [0.05, 0.1) is 5.69 Å². The van der Waals surface area contributed by atoms with Crippen LogP contribution in [0.4, 0.5) is 0 Å². The van der Waals surface area contributed by atoms with Gasteiger partial charge in [-0.1, -0.05) is 84.9 Å². The first-order valence-corrected chi connectivity index (χ1v) is 12.4. The van der Waals surface area contributed by atoms with E-state index in [0.717, 1.165) is 45.3 Å². The maximum absolute atomic E-state index is 12.2. The minimum atomic E-state index is -0.126. The van der Waals surface area contributed by atoms with Crippen molar-refractivity contribution in [2.24, 2.45) is 5.73 Å². The van der Waals surface area contributed by atoms with Gasteiger partial charge in [0, 0.05) is 48.0 Å². The van der Waals surface area contributed by atoms with Crippen molar-refractivity contribution < 1.29 is 4.79 Å². The fourth-order valence-corrected chi connectivity index (χ4v) is 4.26. The molecule has 5 N–H and O–H groups in total. The number of Topliss-reactive ketones (excluding diaryl/α,β-unsaturated/α-hetero) is 1. The molecule has 0 aliphatic rings. The first-order valence-electron chi connectivity index (χ1n) is 11.6. The molecule has 36 heavy (non-hydrogen) atoms. The highest BCUT2D eigenvalue weighted by Gasteiger charge is 2.14. The summed E-state index contributed by atoms with van der Waals surface area (Å²) in [6.07, 6.45) is 2.11. The lowest BCUT2D eigenvalue weighted by Gasteiger charge is -2.13. The van der Waals surface area contributed by atoms with Crippen LogP contribution in [0.25, 0.3) is 22.4 Å². The maximum Gasteiger partial charge on any atom is 0.164 e. The number of thioether (sulfide) groups is 1. The molecule has 0 fully saturated rings. The standard InChI is InChI=1S/C29H27N5OS/c30-28(36-29(31)32)24-17-25(21-7-3-1-4-8-21)27(34-19-24)23-13-11-20(12-14-23)18-33-16-15-26(35)22-9-5-2-6-10-22/h1-14,17,19,30,33H,15-16,18H2,(H3,31,32). The van der Waals surface area contributed by atoms with Crippen LogP contribution in [0.5, 0.6) is 0 Å². The third kappa shape index (κ3) is 6.53. The van der Waals surface area contributed by atoms with Gasteiger partial charge in [0.1, 0.15) is 5.04 Å². The molecule has 6 nitrogen and oxygen atoms in total. The van der Waals surface area contributed by atoms with Crippen molar-refractivity contribution in [1.82, 2.24) is 10.3 Å². The molecule has 0 amide bonds. The van der Waals surface area contributed by atoms with Crippen LogP contribution >= 0.6 is 11.8 Å². The zero-order valence-corrected chi connectivity index (χ0v) is 20.5. The average Bonchev–Trinajstić information content (AvgIpc) is 2.91. The molecule has 0 aliphatic carbocycles. The van der Waals surface area contributed by atoms with E-state index in [2.05, 4.69) is 22.4 Å². The number of pyridine rings is 1. The van der Waals surface area contributed by atoms with Crippen LogP contribution in [0.1, 0.15) is 27.9 Å². The van der Waals surface area contributed by atoms with Crippen LogP contribution in [-0.4, -0.2) is 27.5 Å².